The van der Waals surface area contributed by atoms with Gasteiger partial charge >= 0.3 is 0 Å². The average Bonchev–Trinajstić information content (AvgIpc) is 2.53. The highest BCUT2D eigenvalue weighted by molar-refractivity contribution is 5.30. The van der Waals surface area contributed by atoms with Crippen LogP contribution in [0.5, 0.6) is 0 Å². The van der Waals surface area contributed by atoms with Crippen molar-refractivity contribution in [3.05, 3.63) is 12.2 Å². The minimum absolute atomic E-state index is 0.550. The van der Waals surface area contributed by atoms with Crippen molar-refractivity contribution in [2.75, 3.05) is 0 Å². The van der Waals surface area contributed by atoms with Gasteiger partial charge in [0.05, 0.1) is 0 Å². The van der Waals surface area contributed by atoms with Crippen LogP contribution in [0.25, 0.3) is 0 Å². The van der Waals surface area contributed by atoms with E-state index in [9.17, 15) is 0 Å². The average molecular weight is 204 g/mol. The Balaban J connectivity index is 2.16. The molecule has 0 heteroatoms. The lowest BCUT2D eigenvalue weighted by atomic mass is 9.49. The highest BCUT2D eigenvalue weighted by atomic mass is 14.7. The first kappa shape index (κ1) is 9.93. The van der Waals surface area contributed by atoms with Crippen LogP contribution in [-0.4, -0.2) is 0 Å². The molecule has 3 aliphatic rings. The zero-order chi connectivity index (χ0) is 10.9. The van der Waals surface area contributed by atoms with E-state index in [0.717, 1.165) is 5.92 Å². The van der Waals surface area contributed by atoms with Gasteiger partial charge in [-0.2, -0.15) is 0 Å². The molecule has 2 unspecified atom stereocenters. The molecule has 0 nitrogen and oxygen atoms in total. The Morgan fingerprint density at radius 3 is 2.47 bits per heavy atom. The van der Waals surface area contributed by atoms with E-state index in [0.29, 0.717) is 16.2 Å². The molecule has 3 saturated carbocycles. The van der Waals surface area contributed by atoms with Crippen molar-refractivity contribution >= 4 is 0 Å². The van der Waals surface area contributed by atoms with Gasteiger partial charge < -0.3 is 0 Å². The Morgan fingerprint density at radius 2 is 1.87 bits per heavy atom. The van der Waals surface area contributed by atoms with Crippen LogP contribution in [-0.2, 0) is 0 Å². The summed E-state index contributed by atoms with van der Waals surface area (Å²) < 4.78 is 0. The molecular formula is C15H24. The van der Waals surface area contributed by atoms with Crippen LogP contribution in [0.1, 0.15) is 59.3 Å². The molecule has 0 aromatic heterocycles. The molecule has 3 aliphatic carbocycles. The van der Waals surface area contributed by atoms with E-state index in [1.807, 2.05) is 0 Å². The van der Waals surface area contributed by atoms with E-state index >= 15 is 0 Å². The van der Waals surface area contributed by atoms with Crippen LogP contribution >= 0.6 is 0 Å². The van der Waals surface area contributed by atoms with Crippen LogP contribution in [0.4, 0.5) is 0 Å². The maximum atomic E-state index is 4.37. The van der Waals surface area contributed by atoms with Gasteiger partial charge in [-0.15, -0.1) is 0 Å². The second kappa shape index (κ2) is 2.52. The molecule has 0 saturated heterocycles. The first-order chi connectivity index (χ1) is 6.93. The summed E-state index contributed by atoms with van der Waals surface area (Å²) in [5.74, 6) is 0.858. The van der Waals surface area contributed by atoms with Crippen molar-refractivity contribution < 1.29 is 0 Å². The minimum Gasteiger partial charge on any atom is -0.0995 e. The highest BCUT2D eigenvalue weighted by Crippen LogP contribution is 2.77. The fourth-order valence-electron chi connectivity index (χ4n) is 5.69. The van der Waals surface area contributed by atoms with Crippen molar-refractivity contribution in [3.63, 3.8) is 0 Å². The van der Waals surface area contributed by atoms with E-state index in [1.165, 1.54) is 38.5 Å². The van der Waals surface area contributed by atoms with Crippen molar-refractivity contribution in [2.24, 2.45) is 22.2 Å². The van der Waals surface area contributed by atoms with Crippen LogP contribution in [0.15, 0.2) is 12.2 Å². The molecule has 0 aromatic rings. The number of allylic oxidation sites excluding steroid dienone is 1. The van der Waals surface area contributed by atoms with Gasteiger partial charge in [0.15, 0.2) is 0 Å². The fraction of sp³-hybridized carbons (Fsp3) is 0.867. The number of hydrogen-bond acceptors (Lipinski definition) is 0. The summed E-state index contributed by atoms with van der Waals surface area (Å²) in [5.41, 5.74) is 3.35. The zero-order valence-corrected chi connectivity index (χ0v) is 10.5. The summed E-state index contributed by atoms with van der Waals surface area (Å²) in [5, 5.41) is 0. The highest BCUT2D eigenvalue weighted by Gasteiger charge is 2.68. The second-order valence-electron chi connectivity index (χ2n) is 7.16. The standard InChI is InChI=1S/C15H24/c1-11-10-15-9-6-12(11)14(15,4)8-5-7-13(15,2)3/h12H,1,5-10H2,2-4H3/t12?,14-,15?/m1/s1. The van der Waals surface area contributed by atoms with Crippen LogP contribution in [0.2, 0.25) is 0 Å². The molecule has 0 aliphatic heterocycles. The van der Waals surface area contributed by atoms with Gasteiger partial charge in [0.1, 0.15) is 0 Å². The third-order valence-electron chi connectivity index (χ3n) is 6.54. The van der Waals surface area contributed by atoms with Crippen molar-refractivity contribution in [3.8, 4) is 0 Å². The summed E-state index contributed by atoms with van der Waals surface area (Å²) in [6.07, 6.45) is 8.57. The van der Waals surface area contributed by atoms with Crippen LogP contribution in [0.3, 0.4) is 0 Å². The number of rotatable bonds is 0. The SMILES string of the molecule is C=C1CC23CCC1[C@@]2(C)CCCC3(C)C. The van der Waals surface area contributed by atoms with Gasteiger partial charge in [-0.1, -0.05) is 39.3 Å². The predicted molar refractivity (Wildman–Crippen MR) is 64.7 cm³/mol. The van der Waals surface area contributed by atoms with Gasteiger partial charge in [0.2, 0.25) is 0 Å². The lowest BCUT2D eigenvalue weighted by Gasteiger charge is -2.55. The predicted octanol–water partition coefficient (Wildman–Crippen LogP) is 4.56. The first-order valence-electron chi connectivity index (χ1n) is 6.61. The van der Waals surface area contributed by atoms with Crippen LogP contribution in [0, 0.1) is 22.2 Å². The maximum absolute atomic E-state index is 4.37. The second-order valence-corrected chi connectivity index (χ2v) is 7.16. The molecule has 0 spiro atoms. The zero-order valence-electron chi connectivity index (χ0n) is 10.5. The third-order valence-corrected chi connectivity index (χ3v) is 6.54. The molecule has 0 amide bonds. The van der Waals surface area contributed by atoms with Gasteiger partial charge in [0.25, 0.3) is 0 Å². The molecule has 2 bridgehead atoms. The molecule has 0 heterocycles. The van der Waals surface area contributed by atoms with E-state index in [-0.39, 0.29) is 0 Å². The molecular weight excluding hydrogens is 180 g/mol. The number of hydrogen-bond donors (Lipinski definition) is 0. The monoisotopic (exact) mass is 204 g/mol. The van der Waals surface area contributed by atoms with Crippen molar-refractivity contribution in [1.82, 2.24) is 0 Å². The summed E-state index contributed by atoms with van der Waals surface area (Å²) in [6, 6.07) is 0. The normalized spacial score (nSPS) is 51.9. The molecule has 0 N–H and O–H groups in total. The summed E-state index contributed by atoms with van der Waals surface area (Å²) >= 11 is 0. The third kappa shape index (κ3) is 0.867. The minimum atomic E-state index is 0.550. The molecule has 84 valence electrons. The summed E-state index contributed by atoms with van der Waals surface area (Å²) in [7, 11) is 0. The van der Waals surface area contributed by atoms with Gasteiger partial charge in [-0.3, -0.25) is 0 Å². The molecule has 0 radical (unpaired) electrons. The molecule has 3 rings (SSSR count). The molecule has 15 heavy (non-hydrogen) atoms. The molecule has 3 atom stereocenters. The Morgan fingerprint density at radius 1 is 1.13 bits per heavy atom. The van der Waals surface area contributed by atoms with E-state index in [4.69, 9.17) is 0 Å². The maximum Gasteiger partial charge on any atom is -0.0146 e. The summed E-state index contributed by atoms with van der Waals surface area (Å²) in [4.78, 5) is 0. The Bertz CT molecular complexity index is 325. The van der Waals surface area contributed by atoms with Crippen molar-refractivity contribution in [2.45, 2.75) is 59.3 Å². The lowest BCUT2D eigenvalue weighted by molar-refractivity contribution is -0.0674. The summed E-state index contributed by atoms with van der Waals surface area (Å²) in [6.45, 7) is 12.0. The Labute approximate surface area is 94.1 Å². The lowest BCUT2D eigenvalue weighted by Crippen LogP contribution is -2.48. The van der Waals surface area contributed by atoms with E-state index in [1.54, 1.807) is 5.57 Å². The topological polar surface area (TPSA) is 0 Å². The van der Waals surface area contributed by atoms with Gasteiger partial charge in [-0.05, 0) is 54.3 Å². The Hall–Kier alpha value is -0.260. The Kier molecular flexibility index (Phi) is 1.67. The van der Waals surface area contributed by atoms with Gasteiger partial charge in [-0.25, -0.2) is 0 Å². The molecule has 3 fully saturated rings. The first-order valence-corrected chi connectivity index (χ1v) is 6.61. The fourth-order valence-corrected chi connectivity index (χ4v) is 5.69. The molecule has 0 aromatic carbocycles. The van der Waals surface area contributed by atoms with E-state index in [2.05, 4.69) is 27.4 Å². The van der Waals surface area contributed by atoms with Gasteiger partial charge in [0, 0.05) is 0 Å². The smallest absolute Gasteiger partial charge is 0.0146 e. The van der Waals surface area contributed by atoms with E-state index < -0.39 is 0 Å². The van der Waals surface area contributed by atoms with Crippen LogP contribution < -0.4 is 0 Å². The largest absolute Gasteiger partial charge is 0.0995 e. The van der Waals surface area contributed by atoms with Crippen molar-refractivity contribution in [1.29, 1.82) is 0 Å². The quantitative estimate of drug-likeness (QED) is 0.507.